The van der Waals surface area contributed by atoms with Gasteiger partial charge in [0, 0.05) is 5.39 Å². The van der Waals surface area contributed by atoms with E-state index in [-0.39, 0.29) is 28.3 Å². The van der Waals surface area contributed by atoms with E-state index in [0.717, 1.165) is 17.0 Å². The smallest absolute Gasteiger partial charge is 0.416 e. The molecule has 0 saturated carbocycles. The summed E-state index contributed by atoms with van der Waals surface area (Å²) in [7, 11) is -4.27. The fourth-order valence-corrected chi connectivity index (χ4v) is 4.32. The van der Waals surface area contributed by atoms with Crippen molar-refractivity contribution in [2.24, 2.45) is 0 Å². The summed E-state index contributed by atoms with van der Waals surface area (Å²) in [5.74, 6) is -1.27. The molecule has 1 amide bonds. The molecular weight excluding hydrogens is 515 g/mol. The van der Waals surface area contributed by atoms with Gasteiger partial charge < -0.3 is 9.84 Å². The Bertz CT molecular complexity index is 1420. The summed E-state index contributed by atoms with van der Waals surface area (Å²) in [6.07, 6.45) is -5.48. The lowest BCUT2D eigenvalue weighted by Crippen LogP contribution is -2.39. The van der Waals surface area contributed by atoms with Crippen LogP contribution in [-0.4, -0.2) is 47.6 Å². The minimum absolute atomic E-state index is 0.0429. The number of alkyl halides is 3. The summed E-state index contributed by atoms with van der Waals surface area (Å²) in [6, 6.07) is 10.8. The molecule has 0 spiro atoms. The number of pyridine rings is 1. The summed E-state index contributed by atoms with van der Waals surface area (Å²) in [5.41, 5.74) is -1.37. The number of halogens is 3. The number of sulfonamides is 1. The highest BCUT2D eigenvalue weighted by molar-refractivity contribution is 7.92. The van der Waals surface area contributed by atoms with E-state index in [9.17, 15) is 36.3 Å². The molecule has 37 heavy (non-hydrogen) atoms. The molecule has 0 aliphatic carbocycles. The number of para-hydroxylation sites is 1. The molecule has 0 bridgehead atoms. The summed E-state index contributed by atoms with van der Waals surface area (Å²) >= 11 is 0. The van der Waals surface area contributed by atoms with Gasteiger partial charge in [-0.15, -0.1) is 0 Å². The molecule has 2 N–H and O–H groups in total. The number of carbonyl (C=O) groups is 2. The number of hydrogen-bond donors (Lipinski definition) is 2. The van der Waals surface area contributed by atoms with Crippen LogP contribution < -0.4 is 4.72 Å². The summed E-state index contributed by atoms with van der Waals surface area (Å²) < 4.78 is 71.8. The van der Waals surface area contributed by atoms with Crippen LogP contribution in [0.4, 0.5) is 23.7 Å². The third-order valence-electron chi connectivity index (χ3n) is 4.84. The lowest BCUT2D eigenvalue weighted by atomic mass is 10.1. The fourth-order valence-electron chi connectivity index (χ4n) is 3.25. The lowest BCUT2D eigenvalue weighted by molar-refractivity contribution is -0.139. The molecule has 2 aromatic carbocycles. The van der Waals surface area contributed by atoms with Crippen molar-refractivity contribution in [3.63, 3.8) is 0 Å². The van der Waals surface area contributed by atoms with Crippen molar-refractivity contribution < 1.29 is 41.0 Å². The van der Waals surface area contributed by atoms with Gasteiger partial charge >= 0.3 is 18.2 Å². The second kappa shape index (κ2) is 10.2. The van der Waals surface area contributed by atoms with Crippen LogP contribution in [0.15, 0.2) is 59.5 Å². The van der Waals surface area contributed by atoms with E-state index in [2.05, 4.69) is 9.71 Å². The minimum Gasteiger partial charge on any atom is -0.480 e. The maximum absolute atomic E-state index is 12.9. The van der Waals surface area contributed by atoms with Gasteiger partial charge in [0.2, 0.25) is 0 Å². The van der Waals surface area contributed by atoms with Crippen LogP contribution >= 0.6 is 0 Å². The first-order valence-electron chi connectivity index (χ1n) is 10.8. The Balaban J connectivity index is 1.92. The second-order valence-corrected chi connectivity index (χ2v) is 10.7. The highest BCUT2D eigenvalue weighted by atomic mass is 32.2. The average molecular weight is 540 g/mol. The van der Waals surface area contributed by atoms with Gasteiger partial charge in [0.15, 0.2) is 0 Å². The molecule has 1 heterocycles. The zero-order valence-electron chi connectivity index (χ0n) is 20.0. The zero-order valence-corrected chi connectivity index (χ0v) is 20.9. The Morgan fingerprint density at radius 1 is 1.03 bits per heavy atom. The zero-order chi connectivity index (χ0) is 27.6. The van der Waals surface area contributed by atoms with Crippen LogP contribution in [0.25, 0.3) is 10.9 Å². The van der Waals surface area contributed by atoms with Crippen LogP contribution in [0, 0.1) is 0 Å². The maximum Gasteiger partial charge on any atom is 0.416 e. The predicted octanol–water partition coefficient (Wildman–Crippen LogP) is 4.88. The Labute approximate surface area is 210 Å². The number of carboxylic acids is 1. The van der Waals surface area contributed by atoms with Crippen molar-refractivity contribution in [3.8, 4) is 0 Å². The fraction of sp³-hybridized carbons (Fsp3) is 0.292. The Morgan fingerprint density at radius 3 is 2.24 bits per heavy atom. The van der Waals surface area contributed by atoms with Crippen molar-refractivity contribution in [3.05, 3.63) is 65.9 Å². The molecule has 0 unspecified atom stereocenters. The first-order valence-corrected chi connectivity index (χ1v) is 12.3. The molecule has 3 rings (SSSR count). The molecular formula is C24H24F3N3O6S. The third-order valence-corrected chi connectivity index (χ3v) is 6.23. The van der Waals surface area contributed by atoms with Gasteiger partial charge in [-0.2, -0.15) is 13.2 Å². The Hall–Kier alpha value is -3.87. The minimum atomic E-state index is -4.61. The van der Waals surface area contributed by atoms with Gasteiger partial charge in [-0.05, 0) is 57.2 Å². The summed E-state index contributed by atoms with van der Waals surface area (Å²) in [6.45, 7) is 4.00. The first kappa shape index (κ1) is 27.7. The van der Waals surface area contributed by atoms with E-state index in [0.29, 0.717) is 17.5 Å². The van der Waals surface area contributed by atoms with Crippen molar-refractivity contribution in [2.45, 2.75) is 44.0 Å². The van der Waals surface area contributed by atoms with E-state index >= 15 is 0 Å². The molecule has 1 aromatic heterocycles. The second-order valence-electron chi connectivity index (χ2n) is 9.04. The highest BCUT2D eigenvalue weighted by Gasteiger charge is 2.31. The van der Waals surface area contributed by atoms with Crippen LogP contribution in [0.3, 0.4) is 0 Å². The standard InChI is InChI=1S/C24H24F3N3O6S/c1-23(2,3)36-22(33)30(14-20(31)32)13-17-10-7-15-5-4-6-19(21(15)28-17)29-37(34,35)18-11-8-16(9-12-18)24(25,26)27/h4-12,29H,13-14H2,1-3H3,(H,31,32). The molecule has 3 aromatic rings. The number of hydrogen-bond acceptors (Lipinski definition) is 6. The number of benzene rings is 2. The Morgan fingerprint density at radius 2 is 1.68 bits per heavy atom. The van der Waals surface area contributed by atoms with Gasteiger partial charge in [-0.3, -0.25) is 14.4 Å². The molecule has 0 aliphatic heterocycles. The molecule has 0 aliphatic rings. The monoisotopic (exact) mass is 539 g/mol. The van der Waals surface area contributed by atoms with Crippen LogP contribution in [0.5, 0.6) is 0 Å². The van der Waals surface area contributed by atoms with Crippen LogP contribution in [0.1, 0.15) is 32.0 Å². The predicted molar refractivity (Wildman–Crippen MR) is 128 cm³/mol. The van der Waals surface area contributed by atoms with Gasteiger partial charge in [-0.25, -0.2) is 18.2 Å². The van der Waals surface area contributed by atoms with Crippen molar-refractivity contribution in [1.82, 2.24) is 9.88 Å². The van der Waals surface area contributed by atoms with Crippen LogP contribution in [-0.2, 0) is 32.3 Å². The Kier molecular flexibility index (Phi) is 7.67. The summed E-state index contributed by atoms with van der Waals surface area (Å²) in [4.78, 5) is 28.8. The van der Waals surface area contributed by atoms with Gasteiger partial charge in [0.25, 0.3) is 10.0 Å². The van der Waals surface area contributed by atoms with E-state index in [1.807, 2.05) is 0 Å². The van der Waals surface area contributed by atoms with Gasteiger partial charge in [0.1, 0.15) is 12.1 Å². The molecule has 0 radical (unpaired) electrons. The number of ether oxygens (including phenoxy) is 1. The number of nitrogens with zero attached hydrogens (tertiary/aromatic N) is 2. The first-order chi connectivity index (χ1) is 17.0. The maximum atomic E-state index is 12.9. The quantitative estimate of drug-likeness (QED) is 0.438. The van der Waals surface area contributed by atoms with Gasteiger partial charge in [-0.1, -0.05) is 18.2 Å². The number of carbonyl (C=O) groups excluding carboxylic acids is 1. The summed E-state index contributed by atoms with van der Waals surface area (Å²) in [5, 5.41) is 9.74. The number of anilines is 1. The lowest BCUT2D eigenvalue weighted by Gasteiger charge is -2.26. The molecule has 0 fully saturated rings. The molecule has 0 atom stereocenters. The number of carboxylic acid groups (broad SMARTS) is 1. The average Bonchev–Trinajstić information content (AvgIpc) is 2.77. The van der Waals surface area contributed by atoms with E-state index in [1.54, 1.807) is 45.0 Å². The van der Waals surface area contributed by atoms with Crippen LogP contribution in [0.2, 0.25) is 0 Å². The number of aliphatic carboxylic acids is 1. The van der Waals surface area contributed by atoms with Gasteiger partial charge in [0.05, 0.1) is 33.9 Å². The van der Waals surface area contributed by atoms with E-state index in [1.165, 1.54) is 6.07 Å². The number of rotatable bonds is 7. The van der Waals surface area contributed by atoms with E-state index in [4.69, 9.17) is 4.74 Å². The number of aromatic nitrogens is 1. The highest BCUT2D eigenvalue weighted by Crippen LogP contribution is 2.30. The number of amides is 1. The molecule has 198 valence electrons. The van der Waals surface area contributed by atoms with E-state index < -0.39 is 46.0 Å². The molecule has 0 saturated heterocycles. The molecule has 13 heteroatoms. The molecule has 9 nitrogen and oxygen atoms in total. The van der Waals surface area contributed by atoms with Crippen molar-refractivity contribution in [1.29, 1.82) is 0 Å². The van der Waals surface area contributed by atoms with Crippen molar-refractivity contribution in [2.75, 3.05) is 11.3 Å². The largest absolute Gasteiger partial charge is 0.480 e. The number of fused-ring (bicyclic) bond motifs is 1. The number of nitrogens with one attached hydrogen (secondary N) is 1. The SMILES string of the molecule is CC(C)(C)OC(=O)N(CC(=O)O)Cc1ccc2cccc(NS(=O)(=O)c3ccc(C(F)(F)F)cc3)c2n1. The third kappa shape index (κ3) is 7.32. The topological polar surface area (TPSA) is 126 Å². The van der Waals surface area contributed by atoms with Crippen molar-refractivity contribution >= 4 is 38.7 Å². The normalized spacial score (nSPS) is 12.3.